The summed E-state index contributed by atoms with van der Waals surface area (Å²) in [5, 5.41) is 5.55. The van der Waals surface area contributed by atoms with E-state index in [1.807, 2.05) is 0 Å². The van der Waals surface area contributed by atoms with Crippen LogP contribution in [0.3, 0.4) is 0 Å². The normalized spacial score (nSPS) is 13.7. The summed E-state index contributed by atoms with van der Waals surface area (Å²) >= 11 is 29.8. The van der Waals surface area contributed by atoms with E-state index in [2.05, 4.69) is 67.5 Å². The van der Waals surface area contributed by atoms with E-state index in [1.54, 1.807) is 0 Å². The van der Waals surface area contributed by atoms with Crippen molar-refractivity contribution in [2.24, 2.45) is 0 Å². The van der Waals surface area contributed by atoms with Crippen LogP contribution in [0, 0.1) is 0 Å². The fourth-order valence-corrected chi connectivity index (χ4v) is 19.5. The van der Waals surface area contributed by atoms with Gasteiger partial charge in [0.05, 0.1) is 0 Å². The molecule has 0 amide bonds. The van der Waals surface area contributed by atoms with Crippen LogP contribution in [0.5, 0.6) is 0 Å². The van der Waals surface area contributed by atoms with E-state index in [0.717, 1.165) is 48.4 Å². The lowest BCUT2D eigenvalue weighted by Gasteiger charge is -2.38. The van der Waals surface area contributed by atoms with Crippen LogP contribution in [0.25, 0.3) is 0 Å². The van der Waals surface area contributed by atoms with Crippen molar-refractivity contribution in [1.82, 2.24) is 0 Å². The fourth-order valence-electron chi connectivity index (χ4n) is 4.61. The minimum Gasteiger partial charge on any atom is -0.161 e. The minimum atomic E-state index is -2.14. The Labute approximate surface area is 209 Å². The van der Waals surface area contributed by atoms with Crippen LogP contribution in [0.4, 0.5) is 0 Å². The highest BCUT2D eigenvalue weighted by Gasteiger charge is 2.45. The Morgan fingerprint density at radius 3 is 0.633 bits per heavy atom. The molecule has 0 heterocycles. The van der Waals surface area contributed by atoms with E-state index < -0.39 is 29.5 Å². The molecular weight excluding hydrogens is 518 g/mol. The van der Waals surface area contributed by atoms with Crippen molar-refractivity contribution in [3.05, 3.63) is 12.1 Å². The summed E-state index contributed by atoms with van der Waals surface area (Å²) < 4.78 is 0. The maximum Gasteiger partial charge on any atom is 0.186 e. The Balaban J connectivity index is 4.22. The molecule has 8 heteroatoms. The van der Waals surface area contributed by atoms with Crippen molar-refractivity contribution in [2.45, 2.75) is 104 Å². The highest BCUT2D eigenvalue weighted by atomic mass is 35.6. The molecule has 0 aromatic heterocycles. The van der Waals surface area contributed by atoms with E-state index in [-0.39, 0.29) is 0 Å². The molecule has 0 aliphatic heterocycles. The molecule has 0 aliphatic rings. The van der Waals surface area contributed by atoms with Gasteiger partial charge in [0.25, 0.3) is 0 Å². The van der Waals surface area contributed by atoms with Gasteiger partial charge in [-0.05, 0) is 69.1 Å². The van der Waals surface area contributed by atoms with Gasteiger partial charge in [0.1, 0.15) is 0 Å². The maximum absolute atomic E-state index is 7.45. The maximum atomic E-state index is 7.45. The summed E-state index contributed by atoms with van der Waals surface area (Å²) in [6, 6.07) is 13.1. The largest absolute Gasteiger partial charge is 0.186 e. The second-order valence-electron chi connectivity index (χ2n) is 8.63. The minimum absolute atomic E-state index is 1.02. The Bertz CT molecular complexity index is 580. The number of halogens is 4. The summed E-state index contributed by atoms with van der Waals surface area (Å²) in [6.45, 7) is 18.0. The lowest BCUT2D eigenvalue weighted by atomic mass is 10.3. The summed E-state index contributed by atoms with van der Waals surface area (Å²) in [6.07, 6.45) is 0. The molecule has 0 N–H and O–H groups in total. The van der Waals surface area contributed by atoms with Crippen molar-refractivity contribution >= 4 is 94.6 Å². The third-order valence-corrected chi connectivity index (χ3v) is 31.4. The Morgan fingerprint density at radius 1 is 0.400 bits per heavy atom. The van der Waals surface area contributed by atoms with E-state index in [4.69, 9.17) is 44.3 Å². The van der Waals surface area contributed by atoms with Crippen molar-refractivity contribution in [1.29, 1.82) is 0 Å². The molecule has 0 spiro atoms. The molecular formula is C22H42Cl4Si4. The van der Waals surface area contributed by atoms with Crippen LogP contribution in [-0.2, 0) is 0 Å². The van der Waals surface area contributed by atoms with Crippen molar-refractivity contribution in [3.8, 4) is 0 Å². The summed E-state index contributed by atoms with van der Waals surface area (Å²) in [4.78, 5) is 0. The van der Waals surface area contributed by atoms with Gasteiger partial charge in [-0.3, -0.25) is 0 Å². The number of hydrogen-bond donors (Lipinski definition) is 0. The molecule has 30 heavy (non-hydrogen) atoms. The topological polar surface area (TPSA) is 0 Å². The predicted octanol–water partition coefficient (Wildman–Crippen LogP) is 7.41. The zero-order valence-corrected chi connectivity index (χ0v) is 27.3. The smallest absolute Gasteiger partial charge is 0.161 e. The van der Waals surface area contributed by atoms with Gasteiger partial charge in [0, 0.05) is 0 Å². The number of rotatable bonds is 12. The van der Waals surface area contributed by atoms with Crippen LogP contribution < -0.4 is 20.7 Å². The molecule has 1 aromatic carbocycles. The summed E-state index contributed by atoms with van der Waals surface area (Å²) in [5.74, 6) is 0. The summed E-state index contributed by atoms with van der Waals surface area (Å²) in [5.41, 5.74) is 0. The second-order valence-corrected chi connectivity index (χ2v) is 32.8. The van der Waals surface area contributed by atoms with Gasteiger partial charge >= 0.3 is 0 Å². The van der Waals surface area contributed by atoms with Gasteiger partial charge in [-0.1, -0.05) is 67.5 Å². The molecule has 0 fully saturated rings. The Hall–Kier alpha value is 1.25. The molecule has 1 rings (SSSR count). The molecule has 0 unspecified atom stereocenters. The third kappa shape index (κ3) is 5.48. The molecule has 0 saturated carbocycles. The zero-order valence-electron chi connectivity index (χ0n) is 20.3. The molecule has 0 nitrogen and oxygen atoms in total. The first-order valence-electron chi connectivity index (χ1n) is 11.9. The predicted molar refractivity (Wildman–Crippen MR) is 155 cm³/mol. The molecule has 0 aliphatic carbocycles. The van der Waals surface area contributed by atoms with E-state index >= 15 is 0 Å². The van der Waals surface area contributed by atoms with Gasteiger partial charge in [-0.25, -0.2) is 0 Å². The van der Waals surface area contributed by atoms with Gasteiger partial charge in [0.15, 0.2) is 29.5 Å². The van der Waals surface area contributed by atoms with Crippen LogP contribution >= 0.6 is 44.3 Å². The highest BCUT2D eigenvalue weighted by Crippen LogP contribution is 2.29. The molecule has 0 atom stereocenters. The van der Waals surface area contributed by atoms with Crippen molar-refractivity contribution < 1.29 is 0 Å². The molecule has 0 saturated heterocycles. The Morgan fingerprint density at radius 2 is 0.533 bits per heavy atom. The van der Waals surface area contributed by atoms with E-state index in [1.165, 1.54) is 20.7 Å². The van der Waals surface area contributed by atoms with Crippen LogP contribution in [0.1, 0.15) is 55.4 Å². The summed E-state index contributed by atoms with van der Waals surface area (Å²) in [7, 11) is -8.56. The fraction of sp³-hybridized carbons (Fsp3) is 0.727. The second kappa shape index (κ2) is 11.6. The van der Waals surface area contributed by atoms with E-state index in [0.29, 0.717) is 0 Å². The first-order chi connectivity index (χ1) is 13.9. The zero-order chi connectivity index (χ0) is 23.4. The standard InChI is InChI=1S/C22H42Cl4Si4/c1-9-27(23,10-2)19-17-21(29(25,13-5)14-6)22(30(26,15-7)16-8)18-20(19)28(24,11-3)12-4/h17-18H,9-16H2,1-8H3. The van der Waals surface area contributed by atoms with E-state index in [9.17, 15) is 0 Å². The average Bonchev–Trinajstić information content (AvgIpc) is 2.80. The lowest BCUT2D eigenvalue weighted by Crippen LogP contribution is -2.67. The molecule has 174 valence electrons. The monoisotopic (exact) mass is 558 g/mol. The van der Waals surface area contributed by atoms with Gasteiger partial charge in [-0.2, -0.15) is 44.3 Å². The van der Waals surface area contributed by atoms with Gasteiger partial charge < -0.3 is 0 Å². The van der Waals surface area contributed by atoms with Crippen molar-refractivity contribution in [3.63, 3.8) is 0 Å². The SMILES string of the molecule is CC[Si](Cl)(CC)c1cc([Si](Cl)(CC)CC)c([Si](Cl)(CC)CC)cc1[Si](Cl)(CC)CC. The molecule has 0 radical (unpaired) electrons. The molecule has 1 aromatic rings. The van der Waals surface area contributed by atoms with Gasteiger partial charge in [-0.15, -0.1) is 0 Å². The lowest BCUT2D eigenvalue weighted by molar-refractivity contribution is 1.29. The highest BCUT2D eigenvalue weighted by molar-refractivity contribution is 7.36. The van der Waals surface area contributed by atoms with Crippen LogP contribution in [-0.4, -0.2) is 29.5 Å². The van der Waals surface area contributed by atoms with Gasteiger partial charge in [0.2, 0.25) is 0 Å². The van der Waals surface area contributed by atoms with Crippen LogP contribution in [0.15, 0.2) is 12.1 Å². The Kier molecular flexibility index (Phi) is 11.3. The number of hydrogen-bond acceptors (Lipinski definition) is 0. The van der Waals surface area contributed by atoms with Crippen molar-refractivity contribution in [2.75, 3.05) is 0 Å². The average molecular weight is 561 g/mol. The molecule has 0 bridgehead atoms. The van der Waals surface area contributed by atoms with Crippen LogP contribution in [0.2, 0.25) is 48.4 Å². The quantitative estimate of drug-likeness (QED) is 0.184. The third-order valence-electron chi connectivity index (χ3n) is 7.57. The first-order valence-corrected chi connectivity index (χ1v) is 25.6. The first kappa shape index (κ1) is 29.3. The number of benzene rings is 1.